The lowest BCUT2D eigenvalue weighted by Crippen LogP contribution is -2.22. The fraction of sp³-hybridized carbons (Fsp3) is 0.375. The van der Waals surface area contributed by atoms with Gasteiger partial charge in [0.05, 0.1) is 11.4 Å². The summed E-state index contributed by atoms with van der Waals surface area (Å²) in [7, 11) is 4.30. The van der Waals surface area contributed by atoms with Crippen molar-refractivity contribution in [1.29, 1.82) is 0 Å². The first-order valence-corrected chi connectivity index (χ1v) is 6.62. The molecule has 2 aromatic rings. The van der Waals surface area contributed by atoms with Crippen LogP contribution in [0, 0.1) is 0 Å². The number of fused-ring (bicyclic) bond motifs is 1. The van der Waals surface area contributed by atoms with Gasteiger partial charge in [0, 0.05) is 27.2 Å². The first-order chi connectivity index (χ1) is 8.67. The van der Waals surface area contributed by atoms with Crippen molar-refractivity contribution < 1.29 is 0 Å². The van der Waals surface area contributed by atoms with E-state index in [0.29, 0.717) is 0 Å². The Kier molecular flexibility index (Phi) is 3.75. The van der Waals surface area contributed by atoms with Crippen LogP contribution in [0.2, 0.25) is 0 Å². The average molecular weight is 242 g/mol. The molecule has 0 amide bonds. The molecule has 0 aliphatic rings. The van der Waals surface area contributed by atoms with Crippen LogP contribution < -0.4 is 9.80 Å². The van der Waals surface area contributed by atoms with Crippen molar-refractivity contribution >= 4 is 22.1 Å². The van der Waals surface area contributed by atoms with Gasteiger partial charge >= 0.3 is 0 Å². The van der Waals surface area contributed by atoms with Gasteiger partial charge in [-0.15, -0.1) is 0 Å². The molecule has 2 rings (SSSR count). The molecule has 2 aromatic carbocycles. The van der Waals surface area contributed by atoms with Crippen LogP contribution in [0.5, 0.6) is 0 Å². The van der Waals surface area contributed by atoms with Crippen LogP contribution in [-0.2, 0) is 0 Å². The number of anilines is 2. The Morgan fingerprint density at radius 1 is 0.778 bits per heavy atom. The van der Waals surface area contributed by atoms with Gasteiger partial charge < -0.3 is 9.80 Å². The second-order valence-corrected chi connectivity index (χ2v) is 4.72. The molecule has 0 saturated carbocycles. The first-order valence-electron chi connectivity index (χ1n) is 6.62. The summed E-state index contributed by atoms with van der Waals surface area (Å²) < 4.78 is 0. The van der Waals surface area contributed by atoms with Gasteiger partial charge in [-0.3, -0.25) is 0 Å². The Balaban J connectivity index is 2.63. The third-order valence-electron chi connectivity index (χ3n) is 3.61. The Morgan fingerprint density at radius 3 is 1.50 bits per heavy atom. The molecule has 0 aliphatic heterocycles. The topological polar surface area (TPSA) is 6.48 Å². The molecule has 0 unspecified atom stereocenters. The van der Waals surface area contributed by atoms with E-state index in [1.165, 1.54) is 22.1 Å². The lowest BCUT2D eigenvalue weighted by atomic mass is 10.1. The van der Waals surface area contributed by atoms with Gasteiger partial charge in [0.15, 0.2) is 0 Å². The summed E-state index contributed by atoms with van der Waals surface area (Å²) in [6.07, 6.45) is 0. The van der Waals surface area contributed by atoms with Gasteiger partial charge in [0.25, 0.3) is 0 Å². The largest absolute Gasteiger partial charge is 0.373 e. The molecule has 0 fully saturated rings. The predicted octanol–water partition coefficient (Wildman–Crippen LogP) is 3.75. The highest BCUT2D eigenvalue weighted by Crippen LogP contribution is 2.32. The highest BCUT2D eigenvalue weighted by molar-refractivity contribution is 5.92. The van der Waals surface area contributed by atoms with Gasteiger partial charge in [-0.2, -0.15) is 0 Å². The summed E-state index contributed by atoms with van der Waals surface area (Å²) in [5.74, 6) is 0. The van der Waals surface area contributed by atoms with Crippen molar-refractivity contribution in [3.63, 3.8) is 0 Å². The molecule has 0 heterocycles. The molecule has 0 bridgehead atoms. The SMILES string of the molecule is CCN(C)c1cc2ccccc2cc1N(C)CC. The van der Waals surface area contributed by atoms with E-state index in [4.69, 9.17) is 0 Å². The lowest BCUT2D eigenvalue weighted by Gasteiger charge is -2.27. The van der Waals surface area contributed by atoms with Crippen molar-refractivity contribution in [3.05, 3.63) is 36.4 Å². The molecular formula is C16H22N2. The zero-order valence-electron chi connectivity index (χ0n) is 11.8. The van der Waals surface area contributed by atoms with E-state index in [2.05, 4.69) is 74.1 Å². The molecule has 0 spiro atoms. The van der Waals surface area contributed by atoms with Crippen LogP contribution in [0.25, 0.3) is 10.8 Å². The molecule has 0 N–H and O–H groups in total. The lowest BCUT2D eigenvalue weighted by molar-refractivity contribution is 0.931. The zero-order valence-corrected chi connectivity index (χ0v) is 11.8. The summed E-state index contributed by atoms with van der Waals surface area (Å²) in [4.78, 5) is 4.60. The Morgan fingerprint density at radius 2 is 1.17 bits per heavy atom. The molecule has 18 heavy (non-hydrogen) atoms. The summed E-state index contributed by atoms with van der Waals surface area (Å²) in [6.45, 7) is 6.40. The highest BCUT2D eigenvalue weighted by Gasteiger charge is 2.10. The van der Waals surface area contributed by atoms with E-state index in [0.717, 1.165) is 13.1 Å². The standard InChI is InChI=1S/C16H22N2/c1-5-17(3)15-11-13-9-7-8-10-14(13)12-16(15)18(4)6-2/h7-12H,5-6H2,1-4H3. The third kappa shape index (κ3) is 2.28. The quantitative estimate of drug-likeness (QED) is 0.805. The third-order valence-corrected chi connectivity index (χ3v) is 3.61. The van der Waals surface area contributed by atoms with Crippen molar-refractivity contribution in [3.8, 4) is 0 Å². The van der Waals surface area contributed by atoms with Crippen LogP contribution in [-0.4, -0.2) is 27.2 Å². The molecule has 0 radical (unpaired) electrons. The fourth-order valence-electron chi connectivity index (χ4n) is 2.17. The Bertz CT molecular complexity index is 485. The minimum Gasteiger partial charge on any atom is -0.373 e. The van der Waals surface area contributed by atoms with Crippen molar-refractivity contribution in [2.24, 2.45) is 0 Å². The van der Waals surface area contributed by atoms with Crippen LogP contribution in [0.1, 0.15) is 13.8 Å². The summed E-state index contributed by atoms with van der Waals surface area (Å²) in [6, 6.07) is 13.1. The van der Waals surface area contributed by atoms with Crippen LogP contribution in [0.15, 0.2) is 36.4 Å². The summed E-state index contributed by atoms with van der Waals surface area (Å²) in [5, 5.41) is 2.61. The molecule has 0 aliphatic carbocycles. The predicted molar refractivity (Wildman–Crippen MR) is 81.8 cm³/mol. The maximum Gasteiger partial charge on any atom is 0.0607 e. The number of nitrogens with zero attached hydrogens (tertiary/aromatic N) is 2. The second kappa shape index (κ2) is 5.30. The van der Waals surface area contributed by atoms with Gasteiger partial charge in [0.2, 0.25) is 0 Å². The number of hydrogen-bond acceptors (Lipinski definition) is 2. The number of rotatable bonds is 4. The van der Waals surface area contributed by atoms with E-state index in [-0.39, 0.29) is 0 Å². The molecule has 2 nitrogen and oxygen atoms in total. The minimum absolute atomic E-state index is 1.02. The van der Waals surface area contributed by atoms with E-state index < -0.39 is 0 Å². The highest BCUT2D eigenvalue weighted by atomic mass is 15.2. The normalized spacial score (nSPS) is 10.7. The van der Waals surface area contributed by atoms with Crippen molar-refractivity contribution in [2.45, 2.75) is 13.8 Å². The maximum atomic E-state index is 2.30. The molecule has 0 atom stereocenters. The fourth-order valence-corrected chi connectivity index (χ4v) is 2.17. The Labute approximate surface area is 110 Å². The molecular weight excluding hydrogens is 220 g/mol. The van der Waals surface area contributed by atoms with E-state index in [9.17, 15) is 0 Å². The molecule has 0 saturated heterocycles. The molecule has 0 aromatic heterocycles. The summed E-state index contributed by atoms with van der Waals surface area (Å²) in [5.41, 5.74) is 2.61. The van der Waals surface area contributed by atoms with Crippen LogP contribution in [0.3, 0.4) is 0 Å². The van der Waals surface area contributed by atoms with Crippen LogP contribution in [0.4, 0.5) is 11.4 Å². The zero-order chi connectivity index (χ0) is 13.1. The monoisotopic (exact) mass is 242 g/mol. The van der Waals surface area contributed by atoms with Gasteiger partial charge in [-0.1, -0.05) is 24.3 Å². The van der Waals surface area contributed by atoms with E-state index in [1.54, 1.807) is 0 Å². The van der Waals surface area contributed by atoms with Gasteiger partial charge in [-0.05, 0) is 36.8 Å². The smallest absolute Gasteiger partial charge is 0.0607 e. The number of hydrogen-bond donors (Lipinski definition) is 0. The van der Waals surface area contributed by atoms with Gasteiger partial charge in [0.1, 0.15) is 0 Å². The van der Waals surface area contributed by atoms with E-state index >= 15 is 0 Å². The van der Waals surface area contributed by atoms with Gasteiger partial charge in [-0.25, -0.2) is 0 Å². The average Bonchev–Trinajstić information content (AvgIpc) is 2.44. The number of benzene rings is 2. The van der Waals surface area contributed by atoms with Crippen LogP contribution >= 0.6 is 0 Å². The molecule has 96 valence electrons. The van der Waals surface area contributed by atoms with Crippen molar-refractivity contribution in [1.82, 2.24) is 0 Å². The van der Waals surface area contributed by atoms with Crippen molar-refractivity contribution in [2.75, 3.05) is 37.0 Å². The first kappa shape index (κ1) is 12.7. The minimum atomic E-state index is 1.02. The maximum absolute atomic E-state index is 2.30. The molecule has 2 heteroatoms. The second-order valence-electron chi connectivity index (χ2n) is 4.72. The summed E-state index contributed by atoms with van der Waals surface area (Å²) >= 11 is 0. The van der Waals surface area contributed by atoms with E-state index in [1.807, 2.05) is 0 Å². The Hall–Kier alpha value is -1.70.